The third kappa shape index (κ3) is 28.7. The fourth-order valence-corrected chi connectivity index (χ4v) is 7.56. The summed E-state index contributed by atoms with van der Waals surface area (Å²) in [7, 11) is 0. The predicted molar refractivity (Wildman–Crippen MR) is 212 cm³/mol. The summed E-state index contributed by atoms with van der Waals surface area (Å²) in [5, 5.41) is 0. The van der Waals surface area contributed by atoms with Crippen molar-refractivity contribution >= 4 is 0 Å². The summed E-state index contributed by atoms with van der Waals surface area (Å²) in [6.07, 6.45) is 57.9. The van der Waals surface area contributed by atoms with Crippen LogP contribution in [0.3, 0.4) is 0 Å². The second-order valence-corrected chi connectivity index (χ2v) is 15.5. The molecule has 0 unspecified atom stereocenters. The number of hydrogen-bond acceptors (Lipinski definition) is 0. The van der Waals surface area contributed by atoms with Gasteiger partial charge in [0, 0.05) is 6.42 Å². The molecule has 0 atom stereocenters. The van der Waals surface area contributed by atoms with E-state index in [1.807, 2.05) is 0 Å². The molecule has 0 aliphatic heterocycles. The number of imidazole rings is 1. The van der Waals surface area contributed by atoms with E-state index in [0.717, 1.165) is 0 Å². The van der Waals surface area contributed by atoms with Crippen molar-refractivity contribution in [3.8, 4) is 0 Å². The lowest BCUT2D eigenvalue weighted by atomic mass is 10.0. The first-order valence-corrected chi connectivity index (χ1v) is 22.4. The summed E-state index contributed by atoms with van der Waals surface area (Å²) in [4.78, 5) is 0. The van der Waals surface area contributed by atoms with E-state index in [2.05, 4.69) is 42.3 Å². The van der Waals surface area contributed by atoms with Gasteiger partial charge in [0.15, 0.2) is 0 Å². The van der Waals surface area contributed by atoms with Crippen molar-refractivity contribution in [2.75, 3.05) is 0 Å². The zero-order valence-corrected chi connectivity index (χ0v) is 33.1. The highest BCUT2D eigenvalue weighted by molar-refractivity contribution is 4.84. The van der Waals surface area contributed by atoms with E-state index in [0.29, 0.717) is 0 Å². The molecule has 1 aromatic heterocycles. The number of aryl methyl sites for hydroxylation is 2. The Hall–Kier alpha value is -0.790. The maximum absolute atomic E-state index is 2.63. The molecular formula is C45H89N2+. The average Bonchev–Trinajstić information content (AvgIpc) is 3.47. The van der Waals surface area contributed by atoms with Gasteiger partial charge in [-0.1, -0.05) is 220 Å². The van der Waals surface area contributed by atoms with Crippen molar-refractivity contribution < 1.29 is 4.57 Å². The van der Waals surface area contributed by atoms with Gasteiger partial charge in [-0.25, -0.2) is 9.13 Å². The first-order valence-electron chi connectivity index (χ1n) is 22.4. The molecule has 2 heteroatoms. The second kappa shape index (κ2) is 36.5. The van der Waals surface area contributed by atoms with E-state index in [1.165, 1.54) is 251 Å². The number of aromatic nitrogens is 2. The molecule has 0 amide bonds. The molecule has 278 valence electrons. The monoisotopic (exact) mass is 658 g/mol. The molecule has 0 radical (unpaired) electrons. The Morgan fingerprint density at radius 1 is 0.362 bits per heavy atom. The van der Waals surface area contributed by atoms with Crippen LogP contribution in [-0.4, -0.2) is 4.57 Å². The molecule has 47 heavy (non-hydrogen) atoms. The van der Waals surface area contributed by atoms with Crippen LogP contribution < -0.4 is 4.57 Å². The van der Waals surface area contributed by atoms with E-state index >= 15 is 0 Å². The van der Waals surface area contributed by atoms with Crippen LogP contribution in [0.1, 0.15) is 258 Å². The maximum Gasteiger partial charge on any atom is 0.256 e. The lowest BCUT2D eigenvalue weighted by Crippen LogP contribution is -2.37. The van der Waals surface area contributed by atoms with E-state index in [-0.39, 0.29) is 0 Å². The SMILES string of the molecule is CCCCCCCCCCCCCCCCCCc1n(CCCCCCCCCCCCCCCCCC)cc[n+]1CCCCCC. The molecule has 2 nitrogen and oxygen atoms in total. The van der Waals surface area contributed by atoms with E-state index in [4.69, 9.17) is 0 Å². The van der Waals surface area contributed by atoms with Gasteiger partial charge in [0.2, 0.25) is 0 Å². The minimum atomic E-state index is 1.22. The number of unbranched alkanes of at least 4 members (excludes halogenated alkanes) is 33. The van der Waals surface area contributed by atoms with Crippen LogP contribution in [0.15, 0.2) is 12.4 Å². The van der Waals surface area contributed by atoms with E-state index < -0.39 is 0 Å². The Morgan fingerprint density at radius 3 is 1.02 bits per heavy atom. The van der Waals surface area contributed by atoms with Gasteiger partial charge in [-0.3, -0.25) is 0 Å². The number of nitrogens with zero attached hydrogens (tertiary/aromatic N) is 2. The second-order valence-electron chi connectivity index (χ2n) is 15.5. The van der Waals surface area contributed by atoms with Crippen LogP contribution >= 0.6 is 0 Å². The Kier molecular flexibility index (Phi) is 34.3. The van der Waals surface area contributed by atoms with Gasteiger partial charge in [0.1, 0.15) is 12.4 Å². The summed E-state index contributed by atoms with van der Waals surface area (Å²) >= 11 is 0. The first-order chi connectivity index (χ1) is 23.3. The molecule has 0 bridgehead atoms. The standard InChI is InChI=1S/C45H89N2/c1-4-7-10-13-15-17-19-21-23-25-27-29-31-33-35-37-40-45-46(41-38-12-9-6-3)43-44-47(45)42-39-36-34-32-30-28-26-24-22-20-18-16-14-11-8-5-2/h43-44H,4-42H2,1-3H3/q+1. The van der Waals surface area contributed by atoms with Gasteiger partial charge in [-0.05, 0) is 32.1 Å². The molecule has 0 spiro atoms. The van der Waals surface area contributed by atoms with E-state index in [9.17, 15) is 0 Å². The number of rotatable bonds is 39. The average molecular weight is 658 g/mol. The Bertz CT molecular complexity index is 722. The Balaban J connectivity index is 2.12. The summed E-state index contributed by atoms with van der Waals surface area (Å²) in [6.45, 7) is 9.40. The third-order valence-corrected chi connectivity index (χ3v) is 10.8. The topological polar surface area (TPSA) is 8.81 Å². The Morgan fingerprint density at radius 2 is 0.660 bits per heavy atom. The van der Waals surface area contributed by atoms with E-state index in [1.54, 1.807) is 5.82 Å². The molecule has 1 aromatic rings. The highest BCUT2D eigenvalue weighted by Crippen LogP contribution is 2.16. The van der Waals surface area contributed by atoms with Gasteiger partial charge >= 0.3 is 0 Å². The van der Waals surface area contributed by atoms with Gasteiger partial charge < -0.3 is 0 Å². The smallest absolute Gasteiger partial charge is 0.234 e. The van der Waals surface area contributed by atoms with Gasteiger partial charge in [0.05, 0.1) is 13.1 Å². The Labute approximate surface area is 298 Å². The van der Waals surface area contributed by atoms with Crippen LogP contribution in [0.5, 0.6) is 0 Å². The molecule has 0 N–H and O–H groups in total. The van der Waals surface area contributed by atoms with Gasteiger partial charge in [-0.15, -0.1) is 0 Å². The van der Waals surface area contributed by atoms with Crippen LogP contribution in [0.2, 0.25) is 0 Å². The van der Waals surface area contributed by atoms with Crippen molar-refractivity contribution in [3.05, 3.63) is 18.2 Å². The maximum atomic E-state index is 2.63. The molecule has 0 aromatic carbocycles. The highest BCUT2D eigenvalue weighted by atomic mass is 15.1. The highest BCUT2D eigenvalue weighted by Gasteiger charge is 2.16. The minimum Gasteiger partial charge on any atom is -0.234 e. The van der Waals surface area contributed by atoms with Crippen molar-refractivity contribution in [3.63, 3.8) is 0 Å². The quantitative estimate of drug-likeness (QED) is 0.0492. The molecule has 0 aliphatic carbocycles. The van der Waals surface area contributed by atoms with Gasteiger partial charge in [-0.2, -0.15) is 0 Å². The van der Waals surface area contributed by atoms with Crippen molar-refractivity contribution in [2.24, 2.45) is 0 Å². The molecule has 0 aliphatic rings. The first kappa shape index (κ1) is 44.2. The molecule has 1 heterocycles. The summed E-state index contributed by atoms with van der Waals surface area (Å²) < 4.78 is 5.25. The molecule has 0 saturated carbocycles. The zero-order valence-electron chi connectivity index (χ0n) is 33.1. The lowest BCUT2D eigenvalue weighted by Gasteiger charge is -2.07. The third-order valence-electron chi connectivity index (χ3n) is 10.8. The normalized spacial score (nSPS) is 11.6. The van der Waals surface area contributed by atoms with Crippen LogP contribution in [-0.2, 0) is 19.5 Å². The number of hydrogen-bond donors (Lipinski definition) is 0. The van der Waals surface area contributed by atoms with Crippen LogP contribution in [0.25, 0.3) is 0 Å². The summed E-state index contributed by atoms with van der Waals surface area (Å²) in [5.74, 6) is 1.62. The van der Waals surface area contributed by atoms with Crippen molar-refractivity contribution in [2.45, 2.75) is 271 Å². The largest absolute Gasteiger partial charge is 0.256 e. The molecule has 0 saturated heterocycles. The lowest BCUT2D eigenvalue weighted by molar-refractivity contribution is -0.704. The zero-order chi connectivity index (χ0) is 33.7. The van der Waals surface area contributed by atoms with Crippen LogP contribution in [0, 0.1) is 0 Å². The van der Waals surface area contributed by atoms with Gasteiger partial charge in [0.25, 0.3) is 5.82 Å². The predicted octanol–water partition coefficient (Wildman–Crippen LogP) is 15.4. The molecule has 1 rings (SSSR count). The minimum absolute atomic E-state index is 1.22. The van der Waals surface area contributed by atoms with Crippen LogP contribution in [0.4, 0.5) is 0 Å². The molecular weight excluding hydrogens is 569 g/mol. The summed E-state index contributed by atoms with van der Waals surface area (Å²) in [6, 6.07) is 0. The fourth-order valence-electron chi connectivity index (χ4n) is 7.56. The van der Waals surface area contributed by atoms with Crippen molar-refractivity contribution in [1.29, 1.82) is 0 Å². The summed E-state index contributed by atoms with van der Waals surface area (Å²) in [5.41, 5.74) is 0. The van der Waals surface area contributed by atoms with Crippen molar-refractivity contribution in [1.82, 2.24) is 4.57 Å². The fraction of sp³-hybridized carbons (Fsp3) is 0.933. The molecule has 0 fully saturated rings.